The number of phenolic OH excluding ortho intramolecular Hbond substituents is 1. The molecule has 3 nitrogen and oxygen atoms in total. The maximum Gasteiger partial charge on any atom is 0.341 e. The van der Waals surface area contributed by atoms with Gasteiger partial charge in [0.05, 0.1) is 6.61 Å². The van der Waals surface area contributed by atoms with Gasteiger partial charge in [0.1, 0.15) is 11.3 Å². The number of carbonyl (C=O) groups is 1. The number of hydrogen-bond acceptors (Lipinski definition) is 3. The maximum absolute atomic E-state index is 12.6. The number of benzene rings is 1. The summed E-state index contributed by atoms with van der Waals surface area (Å²) in [5.41, 5.74) is 0.493. The highest BCUT2D eigenvalue weighted by molar-refractivity contribution is 5.92. The van der Waals surface area contributed by atoms with Gasteiger partial charge in [-0.25, -0.2) is 4.79 Å². The number of hydrogen-bond donors (Lipinski definition) is 1. The Hall–Kier alpha value is -1.51. The fraction of sp³-hybridized carbons (Fsp3) is 0.720. The van der Waals surface area contributed by atoms with Gasteiger partial charge >= 0.3 is 5.97 Å². The average Bonchev–Trinajstić information content (AvgIpc) is 3.17. The van der Waals surface area contributed by atoms with Gasteiger partial charge in [-0.2, -0.15) is 0 Å². The Morgan fingerprint density at radius 2 is 1.79 bits per heavy atom. The van der Waals surface area contributed by atoms with E-state index in [2.05, 4.69) is 0 Å². The lowest BCUT2D eigenvalue weighted by atomic mass is 9.50. The molecule has 4 fully saturated rings. The van der Waals surface area contributed by atoms with Crippen molar-refractivity contribution in [2.75, 3.05) is 6.61 Å². The number of esters is 1. The fourth-order valence-electron chi connectivity index (χ4n) is 7.81. The van der Waals surface area contributed by atoms with Crippen LogP contribution in [-0.4, -0.2) is 17.7 Å². The van der Waals surface area contributed by atoms with Crippen LogP contribution < -0.4 is 0 Å². The first-order valence-corrected chi connectivity index (χ1v) is 11.6. The first-order valence-electron chi connectivity index (χ1n) is 11.6. The monoisotopic (exact) mass is 382 g/mol. The summed E-state index contributed by atoms with van der Waals surface area (Å²) >= 11 is 0. The zero-order chi connectivity index (χ0) is 19.1. The van der Waals surface area contributed by atoms with Crippen molar-refractivity contribution < 1.29 is 14.6 Å². The summed E-state index contributed by atoms with van der Waals surface area (Å²) in [5, 5.41) is 9.97. The van der Waals surface area contributed by atoms with E-state index < -0.39 is 0 Å². The Balaban J connectivity index is 1.30. The Bertz CT molecular complexity index is 728. The lowest BCUT2D eigenvalue weighted by Crippen LogP contribution is -2.49. The molecule has 0 spiro atoms. The Kier molecular flexibility index (Phi) is 4.88. The normalized spacial score (nSPS) is 39.5. The van der Waals surface area contributed by atoms with Crippen LogP contribution >= 0.6 is 0 Å². The third-order valence-electron chi connectivity index (χ3n) is 9.02. The second-order valence-electron chi connectivity index (χ2n) is 10.1. The molecular weight excluding hydrogens is 348 g/mol. The van der Waals surface area contributed by atoms with Gasteiger partial charge in [0.2, 0.25) is 0 Å². The molecule has 0 heterocycles. The van der Waals surface area contributed by atoms with Crippen molar-refractivity contribution in [3.63, 3.8) is 0 Å². The van der Waals surface area contributed by atoms with Crippen LogP contribution in [0.4, 0.5) is 0 Å². The van der Waals surface area contributed by atoms with Gasteiger partial charge in [-0.3, -0.25) is 0 Å². The molecule has 0 aromatic heterocycles. The van der Waals surface area contributed by atoms with Crippen LogP contribution in [0.2, 0.25) is 0 Å². The van der Waals surface area contributed by atoms with Gasteiger partial charge in [0, 0.05) is 5.41 Å². The highest BCUT2D eigenvalue weighted by Gasteiger charge is 2.55. The fourth-order valence-corrected chi connectivity index (χ4v) is 7.81. The lowest BCUT2D eigenvalue weighted by molar-refractivity contribution is -0.0785. The summed E-state index contributed by atoms with van der Waals surface area (Å²) in [5.74, 6) is 4.18. The quantitative estimate of drug-likeness (QED) is 0.656. The molecule has 0 saturated heterocycles. The van der Waals surface area contributed by atoms with E-state index in [0.717, 1.165) is 29.6 Å². The molecule has 4 saturated carbocycles. The highest BCUT2D eigenvalue weighted by atomic mass is 16.5. The van der Waals surface area contributed by atoms with Gasteiger partial charge in [0.25, 0.3) is 0 Å². The van der Waals surface area contributed by atoms with E-state index in [1.165, 1.54) is 70.6 Å². The molecule has 28 heavy (non-hydrogen) atoms. The number of phenols is 1. The molecule has 4 aliphatic carbocycles. The number of rotatable bonds is 3. The van der Waals surface area contributed by atoms with E-state index >= 15 is 0 Å². The van der Waals surface area contributed by atoms with Crippen LogP contribution in [0.1, 0.15) is 81.0 Å². The topological polar surface area (TPSA) is 46.5 Å². The van der Waals surface area contributed by atoms with Crippen LogP contribution in [0.3, 0.4) is 0 Å². The molecular formula is C25H34O3. The molecule has 0 bridgehead atoms. The van der Waals surface area contributed by atoms with E-state index in [1.807, 2.05) is 0 Å². The summed E-state index contributed by atoms with van der Waals surface area (Å²) in [6.07, 6.45) is 15.1. The third kappa shape index (κ3) is 3.06. The molecule has 5 rings (SSSR count). The van der Waals surface area contributed by atoms with Gasteiger partial charge in [-0.15, -0.1) is 0 Å². The Morgan fingerprint density at radius 1 is 0.929 bits per heavy atom. The molecule has 4 aliphatic rings. The number of para-hydroxylation sites is 1. The van der Waals surface area contributed by atoms with E-state index in [9.17, 15) is 9.90 Å². The average molecular weight is 383 g/mol. The minimum Gasteiger partial charge on any atom is -0.507 e. The molecule has 1 aromatic rings. The van der Waals surface area contributed by atoms with E-state index in [1.54, 1.807) is 24.3 Å². The summed E-state index contributed by atoms with van der Waals surface area (Å²) in [6.45, 7) is 0.544. The van der Waals surface area contributed by atoms with Gasteiger partial charge < -0.3 is 9.84 Å². The Labute approximate surface area is 168 Å². The minimum atomic E-state index is -0.365. The van der Waals surface area contributed by atoms with Crippen molar-refractivity contribution >= 4 is 5.97 Å². The standard InChI is InChI=1S/C25H34O3/c26-23-10-4-3-8-21(23)24(27)28-16-25-14-5-9-22(25)20-12-11-17-6-1-2-7-18(17)19(20)13-15-25/h3-4,8,10,17-20,22,26H,1-2,5-7,9,11-16H2/t17?,18-,19+,20+,22-,25-/m0/s1. The molecule has 6 atom stereocenters. The minimum absolute atomic E-state index is 0.0206. The molecule has 1 aromatic carbocycles. The third-order valence-corrected chi connectivity index (χ3v) is 9.02. The van der Waals surface area contributed by atoms with Gasteiger partial charge in [-0.05, 0) is 86.7 Å². The largest absolute Gasteiger partial charge is 0.507 e. The van der Waals surface area contributed by atoms with Crippen molar-refractivity contribution in [2.45, 2.75) is 70.6 Å². The van der Waals surface area contributed by atoms with Gasteiger partial charge in [-0.1, -0.05) is 37.8 Å². The SMILES string of the molecule is O=C(OC[C@@]12CCC[C@H]1[C@@H]1CCC3CCCC[C@@H]3[C@H]1CC2)c1ccccc1O. The molecule has 3 heteroatoms. The van der Waals surface area contributed by atoms with Crippen molar-refractivity contribution in [3.8, 4) is 5.75 Å². The first-order chi connectivity index (χ1) is 13.7. The number of fused-ring (bicyclic) bond motifs is 5. The molecule has 1 N–H and O–H groups in total. The smallest absolute Gasteiger partial charge is 0.341 e. The number of ether oxygens (including phenoxy) is 1. The van der Waals surface area contributed by atoms with E-state index in [4.69, 9.17) is 4.74 Å². The molecule has 0 aliphatic heterocycles. The lowest BCUT2D eigenvalue weighted by Gasteiger charge is -2.55. The van der Waals surface area contributed by atoms with E-state index in [0.29, 0.717) is 12.2 Å². The molecule has 152 valence electrons. The summed E-state index contributed by atoms with van der Waals surface area (Å²) < 4.78 is 5.84. The van der Waals surface area contributed by atoms with Crippen LogP contribution in [0, 0.1) is 35.0 Å². The van der Waals surface area contributed by atoms with Crippen LogP contribution in [0.25, 0.3) is 0 Å². The van der Waals surface area contributed by atoms with E-state index in [-0.39, 0.29) is 17.1 Å². The predicted molar refractivity (Wildman–Crippen MR) is 109 cm³/mol. The summed E-state index contributed by atoms with van der Waals surface area (Å²) in [7, 11) is 0. The number of aromatic hydroxyl groups is 1. The highest BCUT2D eigenvalue weighted by Crippen LogP contribution is 2.62. The molecule has 1 unspecified atom stereocenters. The zero-order valence-electron chi connectivity index (χ0n) is 16.9. The predicted octanol–water partition coefficient (Wildman–Crippen LogP) is 5.96. The van der Waals surface area contributed by atoms with Crippen molar-refractivity contribution in [3.05, 3.63) is 29.8 Å². The number of carbonyl (C=O) groups excluding carboxylic acids is 1. The second-order valence-corrected chi connectivity index (χ2v) is 10.1. The summed E-state index contributed by atoms with van der Waals surface area (Å²) in [4.78, 5) is 12.6. The van der Waals surface area contributed by atoms with Crippen molar-refractivity contribution in [1.29, 1.82) is 0 Å². The van der Waals surface area contributed by atoms with Crippen LogP contribution in [0.15, 0.2) is 24.3 Å². The maximum atomic E-state index is 12.6. The molecule has 0 amide bonds. The zero-order valence-corrected chi connectivity index (χ0v) is 16.9. The second kappa shape index (κ2) is 7.39. The van der Waals surface area contributed by atoms with Crippen molar-refractivity contribution in [1.82, 2.24) is 0 Å². The van der Waals surface area contributed by atoms with Crippen LogP contribution in [-0.2, 0) is 4.74 Å². The first kappa shape index (κ1) is 18.5. The summed E-state index contributed by atoms with van der Waals surface area (Å²) in [6, 6.07) is 6.73. The molecule has 0 radical (unpaired) electrons. The van der Waals surface area contributed by atoms with Gasteiger partial charge in [0.15, 0.2) is 0 Å². The Morgan fingerprint density at radius 3 is 2.68 bits per heavy atom. The van der Waals surface area contributed by atoms with Crippen molar-refractivity contribution in [2.24, 2.45) is 35.0 Å². The van der Waals surface area contributed by atoms with Crippen LogP contribution in [0.5, 0.6) is 5.75 Å².